The Morgan fingerprint density at radius 3 is 1.66 bits per heavy atom. The Morgan fingerprint density at radius 2 is 1.21 bits per heavy atom. The lowest BCUT2D eigenvalue weighted by Crippen LogP contribution is -2.50. The van der Waals surface area contributed by atoms with E-state index in [1.165, 1.54) is 36.8 Å². The minimum atomic E-state index is 0.0198. The van der Waals surface area contributed by atoms with Crippen molar-refractivity contribution in [3.05, 3.63) is 94.6 Å². The number of hydrogen-bond donors (Lipinski definition) is 0. The third kappa shape index (κ3) is 2.01. The topological polar surface area (TPSA) is 0 Å². The molecule has 29 heavy (non-hydrogen) atoms. The maximum Gasteiger partial charge on any atom is 0.0672 e. The van der Waals surface area contributed by atoms with Gasteiger partial charge in [-0.3, -0.25) is 0 Å². The van der Waals surface area contributed by atoms with Gasteiger partial charge in [0.25, 0.3) is 0 Å². The largest absolute Gasteiger partial charge is 0.0725 e. The van der Waals surface area contributed by atoms with Crippen LogP contribution >= 0.6 is 0 Å². The van der Waals surface area contributed by atoms with Crippen LogP contribution in [0, 0.1) is 35.5 Å². The van der Waals surface area contributed by atoms with E-state index in [0.29, 0.717) is 5.92 Å². The molecule has 4 saturated carbocycles. The van der Waals surface area contributed by atoms with Crippen LogP contribution in [0.4, 0.5) is 0 Å². The molecule has 0 aliphatic heterocycles. The SMILES string of the molecule is CC1C=C2C(C3C4CC5CC(C4)CC3C5)=C1C2(c1ccccc1)c1ccccc1. The summed E-state index contributed by atoms with van der Waals surface area (Å²) in [6, 6.07) is 22.7. The second-order valence-electron chi connectivity index (χ2n) is 10.6. The summed E-state index contributed by atoms with van der Waals surface area (Å²) in [5, 5.41) is 0. The summed E-state index contributed by atoms with van der Waals surface area (Å²) in [7, 11) is 0. The number of benzene rings is 2. The summed E-state index contributed by atoms with van der Waals surface area (Å²) < 4.78 is 0. The molecule has 7 aliphatic carbocycles. The average Bonchev–Trinajstić information content (AvgIpc) is 3.24. The van der Waals surface area contributed by atoms with E-state index in [1.54, 1.807) is 17.6 Å². The molecule has 6 bridgehead atoms. The highest BCUT2D eigenvalue weighted by Crippen LogP contribution is 2.70. The molecule has 7 aliphatic rings. The van der Waals surface area contributed by atoms with Crippen molar-refractivity contribution in [1.29, 1.82) is 0 Å². The van der Waals surface area contributed by atoms with Gasteiger partial charge in [0.05, 0.1) is 5.41 Å². The van der Waals surface area contributed by atoms with Crippen LogP contribution in [0.3, 0.4) is 0 Å². The van der Waals surface area contributed by atoms with Gasteiger partial charge in [-0.2, -0.15) is 0 Å². The van der Waals surface area contributed by atoms with Gasteiger partial charge in [-0.25, -0.2) is 0 Å². The summed E-state index contributed by atoms with van der Waals surface area (Å²) in [6.07, 6.45) is 10.2. The standard InChI is InChI=1S/C29H30/c1-18-12-25-27(26-21-14-19-13-20(16-21)17-22(26)15-19)28(18)29(25,23-8-4-2-5-9-23)24-10-6-3-7-11-24/h2-12,18-22,26H,13-17H2,1H3. The van der Waals surface area contributed by atoms with Gasteiger partial charge in [0.2, 0.25) is 0 Å². The zero-order chi connectivity index (χ0) is 19.2. The van der Waals surface area contributed by atoms with E-state index in [4.69, 9.17) is 0 Å². The summed E-state index contributed by atoms with van der Waals surface area (Å²) in [5.74, 6) is 5.48. The van der Waals surface area contributed by atoms with Crippen LogP contribution in [-0.4, -0.2) is 0 Å². The predicted octanol–water partition coefficient (Wildman–Crippen LogP) is 6.93. The molecule has 146 valence electrons. The Labute approximate surface area is 174 Å². The van der Waals surface area contributed by atoms with Crippen LogP contribution in [0.1, 0.15) is 50.2 Å². The zero-order valence-electron chi connectivity index (χ0n) is 17.4. The van der Waals surface area contributed by atoms with Crippen molar-refractivity contribution < 1.29 is 0 Å². The molecule has 0 spiro atoms. The van der Waals surface area contributed by atoms with Crippen molar-refractivity contribution in [2.45, 2.75) is 44.4 Å². The molecular formula is C29H30. The molecule has 0 amide bonds. The lowest BCUT2D eigenvalue weighted by Gasteiger charge is -2.59. The first kappa shape index (κ1) is 16.7. The van der Waals surface area contributed by atoms with E-state index in [1.807, 2.05) is 5.57 Å². The molecule has 1 unspecified atom stereocenters. The summed E-state index contributed by atoms with van der Waals surface area (Å²) in [4.78, 5) is 0. The Balaban J connectivity index is 1.42. The monoisotopic (exact) mass is 378 g/mol. The smallest absolute Gasteiger partial charge is 0.0672 e. The third-order valence-electron chi connectivity index (χ3n) is 9.23. The molecule has 0 saturated heterocycles. The van der Waals surface area contributed by atoms with Crippen molar-refractivity contribution >= 4 is 0 Å². The normalized spacial score (nSPS) is 38.2. The molecule has 1 atom stereocenters. The highest BCUT2D eigenvalue weighted by molar-refractivity contribution is 5.78. The number of rotatable bonds is 3. The molecule has 4 fully saturated rings. The fourth-order valence-electron chi connectivity index (χ4n) is 8.69. The van der Waals surface area contributed by atoms with Crippen molar-refractivity contribution in [2.75, 3.05) is 0 Å². The zero-order valence-corrected chi connectivity index (χ0v) is 17.4. The molecule has 0 heterocycles. The lowest BCUT2D eigenvalue weighted by atomic mass is 9.45. The van der Waals surface area contributed by atoms with Gasteiger partial charge in [-0.05, 0) is 95.5 Å². The molecule has 0 N–H and O–H groups in total. The first-order valence-corrected chi connectivity index (χ1v) is 11.8. The van der Waals surface area contributed by atoms with Crippen molar-refractivity contribution in [3.8, 4) is 0 Å². The minimum Gasteiger partial charge on any atom is -0.0725 e. The Hall–Kier alpha value is -2.08. The van der Waals surface area contributed by atoms with Gasteiger partial charge in [-0.15, -0.1) is 0 Å². The second kappa shape index (κ2) is 5.75. The summed E-state index contributed by atoms with van der Waals surface area (Å²) >= 11 is 0. The minimum absolute atomic E-state index is 0.0198. The van der Waals surface area contributed by atoms with Crippen molar-refractivity contribution in [2.24, 2.45) is 35.5 Å². The second-order valence-corrected chi connectivity index (χ2v) is 10.6. The van der Waals surface area contributed by atoms with Crippen LogP contribution in [0.15, 0.2) is 83.5 Å². The van der Waals surface area contributed by atoms with E-state index in [2.05, 4.69) is 73.7 Å². The van der Waals surface area contributed by atoms with E-state index in [9.17, 15) is 0 Å². The van der Waals surface area contributed by atoms with Gasteiger partial charge < -0.3 is 0 Å². The van der Waals surface area contributed by atoms with E-state index >= 15 is 0 Å². The summed E-state index contributed by atoms with van der Waals surface area (Å²) in [6.45, 7) is 2.45. The highest BCUT2D eigenvalue weighted by Gasteiger charge is 2.61. The van der Waals surface area contributed by atoms with Gasteiger partial charge in [0.15, 0.2) is 0 Å². The van der Waals surface area contributed by atoms with Crippen LogP contribution in [0.5, 0.6) is 0 Å². The molecule has 2 aromatic carbocycles. The first-order chi connectivity index (χ1) is 14.3. The predicted molar refractivity (Wildman–Crippen MR) is 118 cm³/mol. The van der Waals surface area contributed by atoms with Crippen LogP contribution in [-0.2, 0) is 5.41 Å². The van der Waals surface area contributed by atoms with Crippen LogP contribution < -0.4 is 0 Å². The van der Waals surface area contributed by atoms with Gasteiger partial charge in [0, 0.05) is 0 Å². The first-order valence-electron chi connectivity index (χ1n) is 11.8. The Kier molecular flexibility index (Phi) is 3.31. The molecule has 0 aromatic heterocycles. The summed E-state index contributed by atoms with van der Waals surface area (Å²) in [5.41, 5.74) is 8.22. The van der Waals surface area contributed by atoms with Crippen LogP contribution in [0.25, 0.3) is 0 Å². The van der Waals surface area contributed by atoms with Gasteiger partial charge in [-0.1, -0.05) is 73.7 Å². The Bertz CT molecular complexity index is 955. The quantitative estimate of drug-likeness (QED) is 0.543. The van der Waals surface area contributed by atoms with Crippen LogP contribution in [0.2, 0.25) is 0 Å². The fourth-order valence-corrected chi connectivity index (χ4v) is 8.69. The van der Waals surface area contributed by atoms with E-state index in [-0.39, 0.29) is 5.41 Å². The maximum absolute atomic E-state index is 2.63. The van der Waals surface area contributed by atoms with E-state index in [0.717, 1.165) is 29.6 Å². The molecule has 9 rings (SSSR count). The lowest BCUT2D eigenvalue weighted by molar-refractivity contribution is -0.0220. The maximum atomic E-state index is 2.63. The van der Waals surface area contributed by atoms with E-state index < -0.39 is 0 Å². The molecular weight excluding hydrogens is 348 g/mol. The number of fused-ring (bicyclic) bond motifs is 2. The van der Waals surface area contributed by atoms with Gasteiger partial charge in [0.1, 0.15) is 0 Å². The van der Waals surface area contributed by atoms with Crippen molar-refractivity contribution in [3.63, 3.8) is 0 Å². The number of hydrogen-bond acceptors (Lipinski definition) is 0. The van der Waals surface area contributed by atoms with Crippen molar-refractivity contribution in [1.82, 2.24) is 0 Å². The molecule has 0 radical (unpaired) electrons. The molecule has 0 nitrogen and oxygen atoms in total. The fraction of sp³-hybridized carbons (Fsp3) is 0.448. The Morgan fingerprint density at radius 1 is 0.690 bits per heavy atom. The third-order valence-corrected chi connectivity index (χ3v) is 9.23. The molecule has 2 aromatic rings. The highest BCUT2D eigenvalue weighted by atomic mass is 14.6. The van der Waals surface area contributed by atoms with Gasteiger partial charge >= 0.3 is 0 Å². The average molecular weight is 379 g/mol. The number of allylic oxidation sites excluding steroid dienone is 4. The molecule has 0 heteroatoms.